The zero-order valence-electron chi connectivity index (χ0n) is 19.1. The number of nitrogens with zero attached hydrogens (tertiary/aromatic N) is 2. The molecule has 3 rings (SSSR count). The molecule has 0 aliphatic rings. The van der Waals surface area contributed by atoms with E-state index in [1.165, 1.54) is 0 Å². The van der Waals surface area contributed by atoms with Crippen molar-refractivity contribution in [2.45, 2.75) is 6.10 Å². The van der Waals surface area contributed by atoms with Crippen LogP contribution in [-0.2, 0) is 19.6 Å². The van der Waals surface area contributed by atoms with Crippen LogP contribution in [0.4, 0.5) is 15.5 Å². The molecule has 0 bridgehead atoms. The highest BCUT2D eigenvalue weighted by atomic mass is 35.5. The molecule has 184 valence electrons. The average molecular weight is 535 g/mol. The first-order valence-corrected chi connectivity index (χ1v) is 13.2. The Morgan fingerprint density at radius 3 is 2.20 bits per heavy atom. The molecule has 0 aliphatic carbocycles. The number of hydrogen-bond acceptors (Lipinski definition) is 6. The number of anilines is 2. The van der Waals surface area contributed by atoms with E-state index < -0.39 is 28.1 Å². The van der Waals surface area contributed by atoms with Crippen molar-refractivity contribution in [3.63, 3.8) is 0 Å². The monoisotopic (exact) mass is 534 g/mol. The number of halogens is 1. The van der Waals surface area contributed by atoms with Crippen LogP contribution in [0.1, 0.15) is 17.2 Å². The van der Waals surface area contributed by atoms with E-state index in [1.54, 1.807) is 85.7 Å². The summed E-state index contributed by atoms with van der Waals surface area (Å²) < 4.78 is 32.9. The second kappa shape index (κ2) is 11.3. The zero-order valence-corrected chi connectivity index (χ0v) is 21.4. The van der Waals surface area contributed by atoms with Crippen LogP contribution in [0.5, 0.6) is 0 Å². The molecule has 35 heavy (non-hydrogen) atoms. The van der Waals surface area contributed by atoms with Gasteiger partial charge in [-0.2, -0.15) is 0 Å². The normalized spacial score (nSPS) is 12.5. The standard InChI is InChI=1S/C23H23ClN4O5S2/c1-28(2)21(27-35(3,31)32)16-9-11-17(12-10-16)25-22(29)20(15-7-5-4-6-8-15)33-23(30)26-19-14-13-18(24)34-19/h4-14,20H,1-3H3,(H,25,29)(H,26,30). The largest absolute Gasteiger partial charge is 0.431 e. The lowest BCUT2D eigenvalue weighted by Gasteiger charge is -2.19. The molecule has 9 nitrogen and oxygen atoms in total. The number of hydrogen-bond donors (Lipinski definition) is 2. The molecule has 1 aromatic heterocycles. The molecule has 1 atom stereocenters. The van der Waals surface area contributed by atoms with Gasteiger partial charge in [-0.3, -0.25) is 10.1 Å². The van der Waals surface area contributed by atoms with Crippen molar-refractivity contribution in [1.82, 2.24) is 4.90 Å². The maximum absolute atomic E-state index is 13.1. The van der Waals surface area contributed by atoms with Crippen molar-refractivity contribution < 1.29 is 22.7 Å². The van der Waals surface area contributed by atoms with Crippen LogP contribution in [0, 0.1) is 0 Å². The summed E-state index contributed by atoms with van der Waals surface area (Å²) >= 11 is 7.05. The molecular formula is C23H23ClN4O5S2. The Morgan fingerprint density at radius 2 is 1.66 bits per heavy atom. The first-order valence-electron chi connectivity index (χ1n) is 10.2. The Morgan fingerprint density at radius 1 is 1.00 bits per heavy atom. The molecule has 0 radical (unpaired) electrons. The smallest absolute Gasteiger partial charge is 0.413 e. The summed E-state index contributed by atoms with van der Waals surface area (Å²) in [7, 11) is -0.250. The molecule has 0 saturated heterocycles. The van der Waals surface area contributed by atoms with Gasteiger partial charge in [-0.25, -0.2) is 13.2 Å². The molecular weight excluding hydrogens is 512 g/mol. The molecule has 0 saturated carbocycles. The fourth-order valence-electron chi connectivity index (χ4n) is 2.98. The maximum atomic E-state index is 13.1. The van der Waals surface area contributed by atoms with E-state index in [0.717, 1.165) is 17.6 Å². The van der Waals surface area contributed by atoms with Crippen molar-refractivity contribution >= 4 is 61.5 Å². The number of rotatable bonds is 7. The number of amides is 2. The van der Waals surface area contributed by atoms with Crippen LogP contribution in [0.25, 0.3) is 0 Å². The predicted molar refractivity (Wildman–Crippen MR) is 139 cm³/mol. The van der Waals surface area contributed by atoms with Gasteiger partial charge in [0.25, 0.3) is 15.9 Å². The molecule has 0 aliphatic heterocycles. The van der Waals surface area contributed by atoms with Gasteiger partial charge in [0.05, 0.1) is 15.6 Å². The van der Waals surface area contributed by atoms with Crippen LogP contribution < -0.4 is 10.6 Å². The number of sulfonamides is 1. The minimum atomic E-state index is -3.60. The predicted octanol–water partition coefficient (Wildman–Crippen LogP) is 4.60. The van der Waals surface area contributed by atoms with Crippen LogP contribution in [0.3, 0.4) is 0 Å². The minimum Gasteiger partial charge on any atom is -0.431 e. The molecule has 2 N–H and O–H groups in total. The summed E-state index contributed by atoms with van der Waals surface area (Å²) in [5.74, 6) is -0.317. The molecule has 0 fully saturated rings. The van der Waals surface area contributed by atoms with E-state index in [2.05, 4.69) is 15.0 Å². The zero-order chi connectivity index (χ0) is 25.6. The van der Waals surface area contributed by atoms with E-state index in [1.807, 2.05) is 0 Å². The topological polar surface area (TPSA) is 117 Å². The van der Waals surface area contributed by atoms with Crippen molar-refractivity contribution in [3.8, 4) is 0 Å². The summed E-state index contributed by atoms with van der Waals surface area (Å²) in [6.45, 7) is 0. The minimum absolute atomic E-state index is 0.251. The number of carbonyl (C=O) groups is 2. The number of thiophene rings is 1. The quantitative estimate of drug-likeness (QED) is 0.338. The molecule has 12 heteroatoms. The lowest BCUT2D eigenvalue weighted by Crippen LogP contribution is -2.28. The van der Waals surface area contributed by atoms with Crippen LogP contribution in [0.2, 0.25) is 4.34 Å². The third kappa shape index (κ3) is 7.81. The number of amidine groups is 1. The van der Waals surface area contributed by atoms with E-state index >= 15 is 0 Å². The van der Waals surface area contributed by atoms with E-state index in [-0.39, 0.29) is 5.84 Å². The summed E-state index contributed by atoms with van der Waals surface area (Å²) in [4.78, 5) is 27.1. The number of benzene rings is 2. The Bertz CT molecular complexity index is 1320. The lowest BCUT2D eigenvalue weighted by molar-refractivity contribution is -0.124. The van der Waals surface area contributed by atoms with Gasteiger partial charge >= 0.3 is 6.09 Å². The highest BCUT2D eigenvalue weighted by Crippen LogP contribution is 2.27. The molecule has 2 amide bonds. The third-order valence-corrected chi connectivity index (χ3v) is 6.10. The Hall–Kier alpha value is -3.41. The average Bonchev–Trinajstić information content (AvgIpc) is 3.20. The van der Waals surface area contributed by atoms with Crippen LogP contribution in [0.15, 0.2) is 71.1 Å². The fourth-order valence-corrected chi connectivity index (χ4v) is 4.49. The second-order valence-corrected chi connectivity index (χ2v) is 10.9. The highest BCUT2D eigenvalue weighted by Gasteiger charge is 2.25. The van der Waals surface area contributed by atoms with Crippen LogP contribution >= 0.6 is 22.9 Å². The van der Waals surface area contributed by atoms with E-state index in [4.69, 9.17) is 16.3 Å². The first kappa shape index (κ1) is 26.2. The number of ether oxygens (including phenoxy) is 1. The van der Waals surface area contributed by atoms with Crippen molar-refractivity contribution in [2.75, 3.05) is 31.0 Å². The lowest BCUT2D eigenvalue weighted by atomic mass is 10.1. The molecule has 0 spiro atoms. The summed E-state index contributed by atoms with van der Waals surface area (Å²) in [6, 6.07) is 18.3. The fraction of sp³-hybridized carbons (Fsp3) is 0.174. The van der Waals surface area contributed by atoms with Crippen molar-refractivity contribution in [2.24, 2.45) is 4.40 Å². The van der Waals surface area contributed by atoms with Gasteiger partial charge in [0.2, 0.25) is 6.10 Å². The maximum Gasteiger partial charge on any atom is 0.413 e. The Kier molecular flexibility index (Phi) is 8.49. The number of nitrogens with one attached hydrogen (secondary N) is 2. The van der Waals surface area contributed by atoms with E-state index in [0.29, 0.717) is 26.2 Å². The van der Waals surface area contributed by atoms with E-state index in [9.17, 15) is 18.0 Å². The van der Waals surface area contributed by atoms with Gasteiger partial charge in [0.15, 0.2) is 0 Å². The van der Waals surface area contributed by atoms with Gasteiger partial charge < -0.3 is 15.0 Å². The summed E-state index contributed by atoms with van der Waals surface area (Å²) in [5.41, 5.74) is 1.45. The highest BCUT2D eigenvalue weighted by molar-refractivity contribution is 7.89. The molecule has 3 aromatic rings. The van der Waals surface area contributed by atoms with Crippen molar-refractivity contribution in [1.29, 1.82) is 0 Å². The van der Waals surface area contributed by atoms with Crippen molar-refractivity contribution in [3.05, 3.63) is 82.2 Å². The van der Waals surface area contributed by atoms with Gasteiger partial charge in [-0.15, -0.1) is 15.7 Å². The molecule has 1 heterocycles. The molecule has 1 unspecified atom stereocenters. The van der Waals surface area contributed by atoms with Crippen LogP contribution in [-0.4, -0.2) is 51.5 Å². The van der Waals surface area contributed by atoms with Gasteiger partial charge in [-0.05, 0) is 36.4 Å². The molecule has 2 aromatic carbocycles. The summed E-state index contributed by atoms with van der Waals surface area (Å²) in [5, 5.41) is 5.76. The SMILES string of the molecule is CN(C)C(=NS(C)(=O)=O)c1ccc(NC(=O)C(OC(=O)Nc2ccc(Cl)s2)c2ccccc2)cc1. The third-order valence-electron chi connectivity index (χ3n) is 4.45. The van der Waals surface area contributed by atoms with Gasteiger partial charge in [0.1, 0.15) is 5.84 Å². The van der Waals surface area contributed by atoms with Gasteiger partial charge in [-0.1, -0.05) is 41.9 Å². The Balaban J connectivity index is 1.78. The first-order chi connectivity index (χ1) is 16.5. The summed E-state index contributed by atoms with van der Waals surface area (Å²) in [6.07, 6.45) is -1.02. The number of carbonyl (C=O) groups excluding carboxylic acids is 2. The Labute approximate surface area is 212 Å². The van der Waals surface area contributed by atoms with Gasteiger partial charge in [0, 0.05) is 30.9 Å². The second-order valence-electron chi connectivity index (χ2n) is 7.53.